The Hall–Kier alpha value is -0.103. The van der Waals surface area contributed by atoms with Crippen molar-refractivity contribution in [1.82, 2.24) is 0 Å². The minimum absolute atomic E-state index is 0.663. The summed E-state index contributed by atoms with van der Waals surface area (Å²) < 4.78 is 17.6. The number of nitrogens with zero attached hydrogens (tertiary/aromatic N) is 1. The smallest absolute Gasteiger partial charge is 0.374 e. The van der Waals surface area contributed by atoms with E-state index in [0.717, 1.165) is 25.4 Å². The summed E-state index contributed by atoms with van der Waals surface area (Å²) in [5, 5.41) is 2.41. The zero-order valence-electron chi connectivity index (χ0n) is 14.6. The largest absolute Gasteiger partial charge is 0.500 e. The lowest BCUT2D eigenvalue weighted by molar-refractivity contribution is 0.0706. The standard InChI is InChI=1S/C16H33NO3SSi/c1-4-18-22(19-5-2,20-6-3)15-13-11-9-7-8-10-12-14-17-16-21/h4-15H2,1-3H3. The van der Waals surface area contributed by atoms with Crippen molar-refractivity contribution in [3.8, 4) is 0 Å². The van der Waals surface area contributed by atoms with Gasteiger partial charge in [-0.2, -0.15) is 0 Å². The molecule has 0 aliphatic rings. The van der Waals surface area contributed by atoms with Gasteiger partial charge in [-0.05, 0) is 45.8 Å². The van der Waals surface area contributed by atoms with E-state index in [0.29, 0.717) is 19.8 Å². The molecule has 4 nitrogen and oxygen atoms in total. The normalized spacial score (nSPS) is 11.4. The summed E-state index contributed by atoms with van der Waals surface area (Å²) in [5.41, 5.74) is 0. The maximum absolute atomic E-state index is 5.86. The minimum Gasteiger partial charge on any atom is -0.374 e. The van der Waals surface area contributed by atoms with Crippen LogP contribution in [0.1, 0.15) is 65.7 Å². The second-order valence-corrected chi connectivity index (χ2v) is 8.09. The number of hydrogen-bond acceptors (Lipinski definition) is 5. The van der Waals surface area contributed by atoms with Gasteiger partial charge in [-0.25, -0.2) is 4.99 Å². The first-order valence-electron chi connectivity index (χ1n) is 8.70. The van der Waals surface area contributed by atoms with Crippen molar-refractivity contribution < 1.29 is 13.3 Å². The average molecular weight is 348 g/mol. The number of hydrogen-bond donors (Lipinski definition) is 0. The van der Waals surface area contributed by atoms with E-state index < -0.39 is 8.80 Å². The molecule has 22 heavy (non-hydrogen) atoms. The van der Waals surface area contributed by atoms with E-state index in [-0.39, 0.29) is 0 Å². The molecule has 0 heterocycles. The molecule has 0 spiro atoms. The van der Waals surface area contributed by atoms with Crippen LogP contribution < -0.4 is 0 Å². The monoisotopic (exact) mass is 347 g/mol. The van der Waals surface area contributed by atoms with Crippen molar-refractivity contribution in [2.75, 3.05) is 26.4 Å². The fourth-order valence-corrected chi connectivity index (χ4v) is 5.24. The van der Waals surface area contributed by atoms with Crippen molar-refractivity contribution in [3.63, 3.8) is 0 Å². The number of isothiocyanates is 1. The molecule has 0 bridgehead atoms. The lowest BCUT2D eigenvalue weighted by Gasteiger charge is -2.28. The van der Waals surface area contributed by atoms with Crippen molar-refractivity contribution in [3.05, 3.63) is 0 Å². The second kappa shape index (κ2) is 15.8. The van der Waals surface area contributed by atoms with Crippen LogP contribution in [0.3, 0.4) is 0 Å². The minimum atomic E-state index is -2.42. The van der Waals surface area contributed by atoms with E-state index in [4.69, 9.17) is 13.3 Å². The van der Waals surface area contributed by atoms with E-state index in [2.05, 4.69) is 22.4 Å². The molecular weight excluding hydrogens is 314 g/mol. The van der Waals surface area contributed by atoms with Gasteiger partial charge in [0.25, 0.3) is 0 Å². The van der Waals surface area contributed by atoms with Crippen LogP contribution >= 0.6 is 12.2 Å². The molecule has 0 fully saturated rings. The second-order valence-electron chi connectivity index (χ2n) is 5.18. The van der Waals surface area contributed by atoms with Gasteiger partial charge < -0.3 is 13.3 Å². The molecule has 0 aromatic heterocycles. The third-order valence-corrected chi connectivity index (χ3v) is 6.69. The van der Waals surface area contributed by atoms with E-state index in [9.17, 15) is 0 Å². The Morgan fingerprint density at radius 2 is 1.23 bits per heavy atom. The highest BCUT2D eigenvalue weighted by Gasteiger charge is 2.39. The zero-order chi connectivity index (χ0) is 16.5. The van der Waals surface area contributed by atoms with Gasteiger partial charge in [0.2, 0.25) is 0 Å². The van der Waals surface area contributed by atoms with Crippen LogP contribution in [0.15, 0.2) is 4.99 Å². The number of rotatable bonds is 16. The molecule has 0 unspecified atom stereocenters. The van der Waals surface area contributed by atoms with Gasteiger partial charge in [0, 0.05) is 32.4 Å². The first-order valence-corrected chi connectivity index (χ1v) is 11.0. The molecule has 0 radical (unpaired) electrons. The Morgan fingerprint density at radius 1 is 0.773 bits per heavy atom. The maximum Gasteiger partial charge on any atom is 0.500 e. The summed E-state index contributed by atoms with van der Waals surface area (Å²) in [6, 6.07) is 0.936. The highest BCUT2D eigenvalue weighted by molar-refractivity contribution is 7.78. The molecular formula is C16H33NO3SSi. The number of unbranched alkanes of at least 4 members (excludes halogenated alkanes) is 6. The SMILES string of the molecule is CCO[Si](CCCCCCCCCN=C=S)(OCC)OCC. The van der Waals surface area contributed by atoms with Crippen molar-refractivity contribution >= 4 is 26.2 Å². The van der Waals surface area contributed by atoms with Crippen LogP contribution in [0.5, 0.6) is 0 Å². The summed E-state index contributed by atoms with van der Waals surface area (Å²) in [7, 11) is -2.42. The quantitative estimate of drug-likeness (QED) is 0.173. The Kier molecular flexibility index (Phi) is 15.7. The topological polar surface area (TPSA) is 40.0 Å². The van der Waals surface area contributed by atoms with E-state index >= 15 is 0 Å². The van der Waals surface area contributed by atoms with Gasteiger partial charge >= 0.3 is 8.80 Å². The fourth-order valence-electron chi connectivity index (χ4n) is 2.46. The summed E-state index contributed by atoms with van der Waals surface area (Å²) >= 11 is 4.54. The van der Waals surface area contributed by atoms with Crippen LogP contribution in [-0.4, -0.2) is 40.3 Å². The van der Waals surface area contributed by atoms with Crippen molar-refractivity contribution in [2.45, 2.75) is 71.8 Å². The third-order valence-electron chi connectivity index (χ3n) is 3.41. The molecule has 0 atom stereocenters. The molecule has 0 rings (SSSR count). The summed E-state index contributed by atoms with van der Waals surface area (Å²) in [6.07, 6.45) is 8.53. The molecule has 0 amide bonds. The summed E-state index contributed by atoms with van der Waals surface area (Å²) in [5.74, 6) is 0. The Morgan fingerprint density at radius 3 is 1.68 bits per heavy atom. The molecule has 0 saturated carbocycles. The van der Waals surface area contributed by atoms with Crippen LogP contribution in [0.25, 0.3) is 0 Å². The lowest BCUT2D eigenvalue weighted by Crippen LogP contribution is -2.45. The summed E-state index contributed by atoms with van der Waals surface area (Å²) in [6.45, 7) is 8.84. The average Bonchev–Trinajstić information content (AvgIpc) is 2.50. The molecule has 6 heteroatoms. The number of thiocarbonyl (C=S) groups is 1. The lowest BCUT2D eigenvalue weighted by atomic mass is 10.1. The van der Waals surface area contributed by atoms with Gasteiger partial charge in [0.1, 0.15) is 0 Å². The molecule has 0 N–H and O–H groups in total. The zero-order valence-corrected chi connectivity index (χ0v) is 16.4. The Bertz CT molecular complexity index is 282. The summed E-state index contributed by atoms with van der Waals surface area (Å²) in [4.78, 5) is 3.93. The Labute approximate surface area is 143 Å². The molecule has 130 valence electrons. The Balaban J connectivity index is 3.76. The fraction of sp³-hybridized carbons (Fsp3) is 0.938. The van der Waals surface area contributed by atoms with Crippen LogP contribution in [0, 0.1) is 0 Å². The highest BCUT2D eigenvalue weighted by atomic mass is 32.1. The van der Waals surface area contributed by atoms with Crippen LogP contribution in [0.2, 0.25) is 6.04 Å². The van der Waals surface area contributed by atoms with Gasteiger partial charge in [-0.1, -0.05) is 32.1 Å². The predicted molar refractivity (Wildman–Crippen MR) is 97.7 cm³/mol. The van der Waals surface area contributed by atoms with Gasteiger partial charge in [0.05, 0.1) is 5.16 Å². The molecule has 0 aromatic rings. The van der Waals surface area contributed by atoms with Crippen LogP contribution in [0.4, 0.5) is 0 Å². The van der Waals surface area contributed by atoms with Crippen molar-refractivity contribution in [2.24, 2.45) is 4.99 Å². The molecule has 0 aliphatic carbocycles. The molecule has 0 aliphatic heterocycles. The van der Waals surface area contributed by atoms with E-state index in [1.807, 2.05) is 20.8 Å². The van der Waals surface area contributed by atoms with E-state index in [1.165, 1.54) is 32.1 Å². The van der Waals surface area contributed by atoms with Gasteiger partial charge in [-0.3, -0.25) is 0 Å². The van der Waals surface area contributed by atoms with E-state index in [1.54, 1.807) is 0 Å². The molecule has 0 saturated heterocycles. The maximum atomic E-state index is 5.86. The van der Waals surface area contributed by atoms with Crippen LogP contribution in [-0.2, 0) is 13.3 Å². The molecule has 0 aromatic carbocycles. The van der Waals surface area contributed by atoms with Gasteiger partial charge in [-0.15, -0.1) is 0 Å². The number of aliphatic imine (C=N–C) groups is 1. The first-order chi connectivity index (χ1) is 10.7. The first kappa shape index (κ1) is 21.9. The van der Waals surface area contributed by atoms with Gasteiger partial charge in [0.15, 0.2) is 0 Å². The van der Waals surface area contributed by atoms with Crippen molar-refractivity contribution in [1.29, 1.82) is 0 Å². The highest BCUT2D eigenvalue weighted by Crippen LogP contribution is 2.20. The third kappa shape index (κ3) is 11.5. The predicted octanol–water partition coefficient (Wildman–Crippen LogP) is 4.87.